The van der Waals surface area contributed by atoms with E-state index in [1.54, 1.807) is 0 Å². The Balaban J connectivity index is 2.33. The molecule has 2 atom stereocenters. The van der Waals surface area contributed by atoms with Gasteiger partial charge in [-0.2, -0.15) is 4.31 Å². The summed E-state index contributed by atoms with van der Waals surface area (Å²) in [5.41, 5.74) is -0.155. The van der Waals surface area contributed by atoms with E-state index in [1.807, 2.05) is 6.92 Å². The number of aliphatic hydroxyl groups excluding tert-OH is 1. The quantitative estimate of drug-likeness (QED) is 0.660. The molecule has 110 valence electrons. The molecule has 1 aromatic carbocycles. The van der Waals surface area contributed by atoms with Gasteiger partial charge in [0.1, 0.15) is 0 Å². The van der Waals surface area contributed by atoms with Crippen LogP contribution in [0, 0.1) is 16.0 Å². The predicted octanol–water partition coefficient (Wildman–Crippen LogP) is 0.986. The smallest absolute Gasteiger partial charge is 0.269 e. The lowest BCUT2D eigenvalue weighted by molar-refractivity contribution is -0.384. The minimum atomic E-state index is -3.72. The van der Waals surface area contributed by atoms with Crippen LogP contribution in [0.4, 0.5) is 5.69 Å². The van der Waals surface area contributed by atoms with Crippen LogP contribution in [0.5, 0.6) is 0 Å². The lowest BCUT2D eigenvalue weighted by Crippen LogP contribution is -2.39. The van der Waals surface area contributed by atoms with Crippen molar-refractivity contribution in [1.82, 2.24) is 4.31 Å². The average molecular weight is 300 g/mol. The van der Waals surface area contributed by atoms with Gasteiger partial charge in [-0.3, -0.25) is 10.1 Å². The van der Waals surface area contributed by atoms with E-state index < -0.39 is 21.0 Å². The number of hydrogen-bond donors (Lipinski definition) is 1. The molecule has 2 unspecified atom stereocenters. The van der Waals surface area contributed by atoms with Crippen molar-refractivity contribution in [3.05, 3.63) is 34.4 Å². The molecule has 1 saturated heterocycles. The molecule has 0 bridgehead atoms. The molecular weight excluding hydrogens is 284 g/mol. The Labute approximate surface area is 117 Å². The van der Waals surface area contributed by atoms with E-state index in [0.717, 1.165) is 0 Å². The van der Waals surface area contributed by atoms with E-state index in [2.05, 4.69) is 0 Å². The zero-order valence-corrected chi connectivity index (χ0v) is 11.8. The van der Waals surface area contributed by atoms with Crippen molar-refractivity contribution in [2.24, 2.45) is 5.92 Å². The maximum atomic E-state index is 12.5. The standard InChI is InChI=1S/C12H16N2O5S/c1-9-6-7-13(12(9)8-15)20(18,19)11-4-2-10(3-5-11)14(16)17/h2-5,9,12,15H,6-8H2,1H3. The molecule has 8 heteroatoms. The molecule has 0 amide bonds. The minimum absolute atomic E-state index is 0.00986. The maximum Gasteiger partial charge on any atom is 0.269 e. The second-order valence-corrected chi connectivity index (χ2v) is 6.77. The third kappa shape index (κ3) is 2.54. The third-order valence-electron chi connectivity index (χ3n) is 3.67. The lowest BCUT2D eigenvalue weighted by atomic mass is 10.0. The van der Waals surface area contributed by atoms with Crippen LogP contribution in [0.1, 0.15) is 13.3 Å². The first kappa shape index (κ1) is 14.9. The highest BCUT2D eigenvalue weighted by Crippen LogP contribution is 2.30. The highest BCUT2D eigenvalue weighted by atomic mass is 32.2. The second-order valence-electron chi connectivity index (χ2n) is 4.88. The molecule has 1 aliphatic heterocycles. The molecular formula is C12H16N2O5S. The van der Waals surface area contributed by atoms with Crippen molar-refractivity contribution in [3.63, 3.8) is 0 Å². The van der Waals surface area contributed by atoms with Crippen molar-refractivity contribution in [2.45, 2.75) is 24.3 Å². The summed E-state index contributed by atoms with van der Waals surface area (Å²) in [6.45, 7) is 2.02. The summed E-state index contributed by atoms with van der Waals surface area (Å²) in [6, 6.07) is 4.35. The number of benzene rings is 1. The number of nitro groups is 1. The van der Waals surface area contributed by atoms with Gasteiger partial charge in [-0.1, -0.05) is 6.92 Å². The number of nitro benzene ring substituents is 1. The van der Waals surface area contributed by atoms with Gasteiger partial charge in [0.25, 0.3) is 5.69 Å². The zero-order valence-electron chi connectivity index (χ0n) is 11.0. The summed E-state index contributed by atoms with van der Waals surface area (Å²) in [7, 11) is -3.72. The normalized spacial score (nSPS) is 23.9. The Morgan fingerprint density at radius 2 is 2.00 bits per heavy atom. The van der Waals surface area contributed by atoms with E-state index in [9.17, 15) is 23.6 Å². The van der Waals surface area contributed by atoms with E-state index in [0.29, 0.717) is 13.0 Å². The number of sulfonamides is 1. The topological polar surface area (TPSA) is 101 Å². The number of rotatable bonds is 4. The van der Waals surface area contributed by atoms with Gasteiger partial charge in [0.05, 0.1) is 22.5 Å². The van der Waals surface area contributed by atoms with Gasteiger partial charge in [0, 0.05) is 18.7 Å². The molecule has 20 heavy (non-hydrogen) atoms. The molecule has 0 saturated carbocycles. The summed E-state index contributed by atoms with van der Waals surface area (Å²) in [4.78, 5) is 10.0. The Morgan fingerprint density at radius 3 is 2.50 bits per heavy atom. The first-order valence-corrected chi connectivity index (χ1v) is 7.69. The minimum Gasteiger partial charge on any atom is -0.395 e. The Morgan fingerprint density at radius 1 is 1.40 bits per heavy atom. The molecule has 2 rings (SSSR count). The summed E-state index contributed by atoms with van der Waals surface area (Å²) in [6.07, 6.45) is 0.692. The van der Waals surface area contributed by atoms with Crippen LogP contribution < -0.4 is 0 Å². The molecule has 7 nitrogen and oxygen atoms in total. The largest absolute Gasteiger partial charge is 0.395 e. The predicted molar refractivity (Wildman–Crippen MR) is 71.6 cm³/mol. The first-order valence-electron chi connectivity index (χ1n) is 6.25. The van der Waals surface area contributed by atoms with Crippen LogP contribution in [-0.2, 0) is 10.0 Å². The van der Waals surface area contributed by atoms with Crippen LogP contribution in [0.15, 0.2) is 29.2 Å². The van der Waals surface area contributed by atoms with Crippen LogP contribution in [-0.4, -0.2) is 41.9 Å². The average Bonchev–Trinajstić information content (AvgIpc) is 2.80. The van der Waals surface area contributed by atoms with E-state index in [4.69, 9.17) is 0 Å². The molecule has 1 N–H and O–H groups in total. The molecule has 0 aromatic heterocycles. The van der Waals surface area contributed by atoms with Gasteiger partial charge in [-0.15, -0.1) is 0 Å². The number of aliphatic hydroxyl groups is 1. The Hall–Kier alpha value is -1.51. The monoisotopic (exact) mass is 300 g/mol. The van der Waals surface area contributed by atoms with Gasteiger partial charge in [0.15, 0.2) is 0 Å². The van der Waals surface area contributed by atoms with Crippen molar-refractivity contribution in [1.29, 1.82) is 0 Å². The van der Waals surface area contributed by atoms with Crippen LogP contribution >= 0.6 is 0 Å². The molecule has 1 aliphatic rings. The van der Waals surface area contributed by atoms with Gasteiger partial charge in [-0.25, -0.2) is 8.42 Å². The van der Waals surface area contributed by atoms with Crippen molar-refractivity contribution >= 4 is 15.7 Å². The number of nitrogens with zero attached hydrogens (tertiary/aromatic N) is 2. The van der Waals surface area contributed by atoms with Crippen LogP contribution in [0.3, 0.4) is 0 Å². The van der Waals surface area contributed by atoms with Crippen molar-refractivity contribution in [3.8, 4) is 0 Å². The maximum absolute atomic E-state index is 12.5. The fourth-order valence-corrected chi connectivity index (χ4v) is 4.15. The highest BCUT2D eigenvalue weighted by molar-refractivity contribution is 7.89. The zero-order chi connectivity index (χ0) is 14.9. The van der Waals surface area contributed by atoms with Crippen molar-refractivity contribution < 1.29 is 18.4 Å². The fourth-order valence-electron chi connectivity index (χ4n) is 2.42. The molecule has 0 spiro atoms. The molecule has 1 aromatic rings. The Kier molecular flexibility index (Phi) is 4.07. The van der Waals surface area contributed by atoms with Crippen LogP contribution in [0.2, 0.25) is 0 Å². The third-order valence-corrected chi connectivity index (χ3v) is 5.61. The van der Waals surface area contributed by atoms with Crippen LogP contribution in [0.25, 0.3) is 0 Å². The first-order chi connectivity index (χ1) is 9.37. The van der Waals surface area contributed by atoms with E-state index in [1.165, 1.54) is 28.6 Å². The Bertz CT molecular complexity index is 599. The summed E-state index contributed by atoms with van der Waals surface area (Å²) < 4.78 is 26.2. The van der Waals surface area contributed by atoms with Gasteiger partial charge in [-0.05, 0) is 24.5 Å². The molecule has 0 radical (unpaired) electrons. The summed E-state index contributed by atoms with van der Waals surface area (Å²) in [5, 5.41) is 19.9. The van der Waals surface area contributed by atoms with Gasteiger partial charge < -0.3 is 5.11 Å². The molecule has 1 fully saturated rings. The summed E-state index contributed by atoms with van der Waals surface area (Å²) in [5.74, 6) is 0.0906. The molecule has 1 heterocycles. The SMILES string of the molecule is CC1CCN(S(=O)(=O)c2ccc([N+](=O)[O-])cc2)C1CO. The van der Waals surface area contributed by atoms with Gasteiger partial charge in [0.2, 0.25) is 10.0 Å². The fraction of sp³-hybridized carbons (Fsp3) is 0.500. The van der Waals surface area contributed by atoms with Crippen molar-refractivity contribution in [2.75, 3.05) is 13.2 Å². The van der Waals surface area contributed by atoms with Gasteiger partial charge >= 0.3 is 0 Å². The summed E-state index contributed by atoms with van der Waals surface area (Å²) >= 11 is 0. The highest BCUT2D eigenvalue weighted by Gasteiger charge is 2.39. The number of hydrogen-bond acceptors (Lipinski definition) is 5. The molecule has 0 aliphatic carbocycles. The van der Waals surface area contributed by atoms with E-state index in [-0.39, 0.29) is 23.1 Å². The lowest BCUT2D eigenvalue weighted by Gasteiger charge is -2.24. The second kappa shape index (κ2) is 5.47. The van der Waals surface area contributed by atoms with E-state index >= 15 is 0 Å². The number of non-ortho nitro benzene ring substituents is 1.